The Hall–Kier alpha value is -2.27. The Morgan fingerprint density at radius 2 is 2.00 bits per heavy atom. The lowest BCUT2D eigenvalue weighted by atomic mass is 9.75. The molecule has 1 heterocycles. The second-order valence-electron chi connectivity index (χ2n) is 7.14. The zero-order valence-electron chi connectivity index (χ0n) is 14.5. The zero-order chi connectivity index (χ0) is 17.5. The van der Waals surface area contributed by atoms with Gasteiger partial charge in [-0.3, -0.25) is 4.79 Å². The Morgan fingerprint density at radius 3 is 2.62 bits per heavy atom. The van der Waals surface area contributed by atoms with Crippen molar-refractivity contribution in [3.63, 3.8) is 0 Å². The number of aliphatic hydroxyl groups is 1. The molecule has 1 aliphatic rings. The number of amides is 1. The fraction of sp³-hybridized carbons (Fsp3) is 0.421. The molecule has 1 aliphatic carbocycles. The maximum Gasteiger partial charge on any atom is 0.291 e. The van der Waals surface area contributed by atoms with Gasteiger partial charge in [-0.05, 0) is 43.0 Å². The molecule has 5 heteroatoms. The molecular formula is C19H23NO4. The van der Waals surface area contributed by atoms with E-state index in [-0.39, 0.29) is 17.1 Å². The Bertz CT molecular complexity index is 758. The molecule has 0 saturated heterocycles. The lowest BCUT2D eigenvalue weighted by molar-refractivity contribution is 0.0910. The van der Waals surface area contributed by atoms with E-state index in [2.05, 4.69) is 19.2 Å². The number of benzene rings is 1. The topological polar surface area (TPSA) is 71.7 Å². The number of fused-ring (bicyclic) bond motifs is 1. The van der Waals surface area contributed by atoms with Crippen LogP contribution in [-0.2, 0) is 6.42 Å². The number of methoxy groups -OCH3 is 1. The van der Waals surface area contributed by atoms with Gasteiger partial charge in [0, 0.05) is 23.2 Å². The third-order valence-corrected chi connectivity index (χ3v) is 4.54. The first-order valence-corrected chi connectivity index (χ1v) is 8.06. The van der Waals surface area contributed by atoms with E-state index in [0.717, 1.165) is 29.1 Å². The Morgan fingerprint density at radius 1 is 1.33 bits per heavy atom. The van der Waals surface area contributed by atoms with E-state index in [1.54, 1.807) is 31.4 Å². The van der Waals surface area contributed by atoms with Gasteiger partial charge in [0.15, 0.2) is 5.76 Å². The van der Waals surface area contributed by atoms with Crippen molar-refractivity contribution in [1.29, 1.82) is 0 Å². The third-order valence-electron chi connectivity index (χ3n) is 4.54. The average molecular weight is 329 g/mol. The molecule has 0 aliphatic heterocycles. The number of hydrogen-bond acceptors (Lipinski definition) is 4. The van der Waals surface area contributed by atoms with Gasteiger partial charge in [0.2, 0.25) is 0 Å². The molecule has 0 spiro atoms. The van der Waals surface area contributed by atoms with E-state index in [1.807, 2.05) is 6.92 Å². The van der Waals surface area contributed by atoms with Crippen molar-refractivity contribution >= 4 is 11.6 Å². The highest BCUT2D eigenvalue weighted by molar-refractivity contribution is 6.03. The summed E-state index contributed by atoms with van der Waals surface area (Å²) in [6.07, 6.45) is 0.797. The largest absolute Gasteiger partial charge is 0.497 e. The Labute approximate surface area is 141 Å². The van der Waals surface area contributed by atoms with Gasteiger partial charge < -0.3 is 19.6 Å². The molecule has 5 nitrogen and oxygen atoms in total. The number of furan rings is 1. The smallest absolute Gasteiger partial charge is 0.291 e. The van der Waals surface area contributed by atoms with Crippen LogP contribution in [0.25, 0.3) is 0 Å². The van der Waals surface area contributed by atoms with Crippen LogP contribution in [0, 0.1) is 12.3 Å². The van der Waals surface area contributed by atoms with Crippen LogP contribution in [0.1, 0.15) is 53.8 Å². The molecule has 1 amide bonds. The molecule has 2 aromatic rings. The highest BCUT2D eigenvalue weighted by Crippen LogP contribution is 2.44. The van der Waals surface area contributed by atoms with Crippen LogP contribution >= 0.6 is 0 Å². The summed E-state index contributed by atoms with van der Waals surface area (Å²) in [4.78, 5) is 12.6. The van der Waals surface area contributed by atoms with Crippen molar-refractivity contribution in [2.75, 3.05) is 12.4 Å². The maximum atomic E-state index is 12.6. The molecule has 1 aromatic carbocycles. The van der Waals surface area contributed by atoms with E-state index in [1.165, 1.54) is 0 Å². The van der Waals surface area contributed by atoms with E-state index < -0.39 is 6.10 Å². The van der Waals surface area contributed by atoms with Crippen molar-refractivity contribution < 1.29 is 19.1 Å². The van der Waals surface area contributed by atoms with E-state index in [0.29, 0.717) is 12.1 Å². The Balaban J connectivity index is 1.86. The molecule has 1 atom stereocenters. The molecule has 0 saturated carbocycles. The van der Waals surface area contributed by atoms with Crippen LogP contribution in [0.15, 0.2) is 28.7 Å². The van der Waals surface area contributed by atoms with Crippen molar-refractivity contribution in [3.8, 4) is 5.75 Å². The van der Waals surface area contributed by atoms with Gasteiger partial charge in [-0.25, -0.2) is 0 Å². The third kappa shape index (κ3) is 3.04. The number of anilines is 1. The van der Waals surface area contributed by atoms with E-state index in [9.17, 15) is 9.90 Å². The molecule has 128 valence electrons. The maximum absolute atomic E-state index is 12.6. The summed E-state index contributed by atoms with van der Waals surface area (Å²) in [6, 6.07) is 7.10. The number of nitrogens with one attached hydrogen (secondary N) is 1. The average Bonchev–Trinajstić information content (AvgIpc) is 2.83. The monoisotopic (exact) mass is 329 g/mol. The van der Waals surface area contributed by atoms with Gasteiger partial charge in [-0.1, -0.05) is 13.8 Å². The second-order valence-corrected chi connectivity index (χ2v) is 7.14. The second kappa shape index (κ2) is 5.98. The fourth-order valence-corrected chi connectivity index (χ4v) is 3.36. The van der Waals surface area contributed by atoms with Gasteiger partial charge in [-0.15, -0.1) is 0 Å². The lowest BCUT2D eigenvalue weighted by Crippen LogP contribution is -2.24. The minimum absolute atomic E-state index is 0.0412. The first-order chi connectivity index (χ1) is 11.3. The fourth-order valence-electron chi connectivity index (χ4n) is 3.36. The predicted molar refractivity (Wildman–Crippen MR) is 91.5 cm³/mol. The van der Waals surface area contributed by atoms with Crippen LogP contribution < -0.4 is 10.1 Å². The molecular weight excluding hydrogens is 306 g/mol. The van der Waals surface area contributed by atoms with Gasteiger partial charge in [0.1, 0.15) is 11.5 Å². The minimum atomic E-state index is -0.588. The lowest BCUT2D eigenvalue weighted by Gasteiger charge is -2.31. The quantitative estimate of drug-likeness (QED) is 0.897. The zero-order valence-corrected chi connectivity index (χ0v) is 14.5. The number of ether oxygens (including phenoxy) is 1. The summed E-state index contributed by atoms with van der Waals surface area (Å²) in [5.74, 6) is 1.41. The molecule has 24 heavy (non-hydrogen) atoms. The SMILES string of the molecule is COc1ccc(NC(=O)c2oc3c(c2C)[C@@H](O)CC(C)(C)C3)cc1. The van der Waals surface area contributed by atoms with Crippen molar-refractivity contribution in [1.82, 2.24) is 0 Å². The first kappa shape index (κ1) is 16.6. The number of aliphatic hydroxyl groups excluding tert-OH is 1. The highest BCUT2D eigenvalue weighted by atomic mass is 16.5. The molecule has 0 fully saturated rings. The standard InChI is InChI=1S/C19H23NO4/c1-11-16-14(21)9-19(2,3)10-15(16)24-17(11)18(22)20-12-5-7-13(23-4)8-6-12/h5-8,14,21H,9-10H2,1-4H3,(H,20,22)/t14-/m0/s1. The summed E-state index contributed by atoms with van der Waals surface area (Å²) >= 11 is 0. The number of rotatable bonds is 3. The Kier molecular flexibility index (Phi) is 4.13. The van der Waals surface area contributed by atoms with E-state index in [4.69, 9.17) is 9.15 Å². The molecule has 0 radical (unpaired) electrons. The van der Waals surface area contributed by atoms with Gasteiger partial charge in [0.25, 0.3) is 5.91 Å². The van der Waals surface area contributed by atoms with Crippen LogP contribution in [0.4, 0.5) is 5.69 Å². The van der Waals surface area contributed by atoms with Crippen LogP contribution in [-0.4, -0.2) is 18.1 Å². The first-order valence-electron chi connectivity index (χ1n) is 8.06. The van der Waals surface area contributed by atoms with Gasteiger partial charge >= 0.3 is 0 Å². The van der Waals surface area contributed by atoms with Crippen molar-refractivity contribution in [3.05, 3.63) is 46.9 Å². The summed E-state index contributed by atoms with van der Waals surface area (Å²) in [7, 11) is 1.59. The summed E-state index contributed by atoms with van der Waals surface area (Å²) < 4.78 is 10.9. The van der Waals surface area contributed by atoms with Crippen molar-refractivity contribution in [2.45, 2.75) is 39.7 Å². The van der Waals surface area contributed by atoms with Crippen LogP contribution in [0.3, 0.4) is 0 Å². The van der Waals surface area contributed by atoms with Gasteiger partial charge in [0.05, 0.1) is 13.2 Å². The minimum Gasteiger partial charge on any atom is -0.497 e. The number of carbonyl (C=O) groups excluding carboxylic acids is 1. The molecule has 1 aromatic heterocycles. The van der Waals surface area contributed by atoms with Crippen molar-refractivity contribution in [2.24, 2.45) is 5.41 Å². The summed E-state index contributed by atoms with van der Waals surface area (Å²) in [6.45, 7) is 6.01. The van der Waals surface area contributed by atoms with Crippen LogP contribution in [0.2, 0.25) is 0 Å². The summed E-state index contributed by atoms with van der Waals surface area (Å²) in [5, 5.41) is 13.2. The normalized spacial score (nSPS) is 18.8. The number of carbonyl (C=O) groups is 1. The molecule has 2 N–H and O–H groups in total. The molecule has 3 rings (SSSR count). The van der Waals surface area contributed by atoms with Gasteiger partial charge in [-0.2, -0.15) is 0 Å². The number of hydrogen-bond donors (Lipinski definition) is 2. The van der Waals surface area contributed by atoms with E-state index >= 15 is 0 Å². The molecule has 0 bridgehead atoms. The molecule has 0 unspecified atom stereocenters. The summed E-state index contributed by atoms with van der Waals surface area (Å²) in [5.41, 5.74) is 2.11. The predicted octanol–water partition coefficient (Wildman–Crippen LogP) is 3.85. The highest BCUT2D eigenvalue weighted by Gasteiger charge is 2.37. The van der Waals surface area contributed by atoms with Crippen LogP contribution in [0.5, 0.6) is 5.75 Å².